The summed E-state index contributed by atoms with van der Waals surface area (Å²) in [6.45, 7) is 7.01. The second-order valence-electron chi connectivity index (χ2n) is 8.69. The number of imidazole rings is 1. The van der Waals surface area contributed by atoms with E-state index in [1.165, 1.54) is 0 Å². The van der Waals surface area contributed by atoms with Gasteiger partial charge in [-0.2, -0.15) is 0 Å². The third-order valence-electron chi connectivity index (χ3n) is 6.34. The number of unbranched alkanes of at least 4 members (excludes halogenated alkanes) is 1. The summed E-state index contributed by atoms with van der Waals surface area (Å²) >= 11 is 0. The lowest BCUT2D eigenvalue weighted by molar-refractivity contribution is 0.194. The molecule has 1 fully saturated rings. The van der Waals surface area contributed by atoms with Gasteiger partial charge in [0.2, 0.25) is 10.0 Å². The Balaban J connectivity index is 1.49. The van der Waals surface area contributed by atoms with E-state index in [4.69, 9.17) is 4.98 Å². The Morgan fingerprint density at radius 3 is 2.44 bits per heavy atom. The van der Waals surface area contributed by atoms with Crippen LogP contribution in [0.3, 0.4) is 0 Å². The number of hydrogen-bond acceptors (Lipinski definition) is 6. The largest absolute Gasteiger partial charge is 0.330 e. The topological polar surface area (TPSA) is 122 Å². The maximum absolute atomic E-state index is 12.6. The summed E-state index contributed by atoms with van der Waals surface area (Å²) in [5.41, 5.74) is 0.0235. The number of aryl methyl sites for hydroxylation is 2. The molecular weight excluding hydrogens is 456 g/mol. The standard InChI is InChI=1S/C23H32N6O4S/c1-3-5-13-29-21-20(22(30)25-23(29)31)28(4-2)19(24-21)16-27-14-11-17(12-15-27)26-34(32,33)18-9-7-6-8-10-18/h6-10,17,26H,3-5,11-16H2,1-2H3,(H,25,30,31). The molecule has 4 rings (SSSR count). The molecule has 0 spiro atoms. The van der Waals surface area contributed by atoms with E-state index >= 15 is 0 Å². The maximum atomic E-state index is 12.6. The lowest BCUT2D eigenvalue weighted by atomic mass is 10.1. The normalized spacial score (nSPS) is 15.8. The number of rotatable bonds is 9. The van der Waals surface area contributed by atoms with E-state index in [2.05, 4.69) is 14.6 Å². The quantitative estimate of drug-likeness (QED) is 0.472. The van der Waals surface area contributed by atoms with Crippen molar-refractivity contribution in [2.75, 3.05) is 13.1 Å². The predicted molar refractivity (Wildman–Crippen MR) is 130 cm³/mol. The molecule has 10 nitrogen and oxygen atoms in total. The molecule has 0 radical (unpaired) electrons. The van der Waals surface area contributed by atoms with Gasteiger partial charge < -0.3 is 4.57 Å². The lowest BCUT2D eigenvalue weighted by Crippen LogP contribution is -2.44. The Morgan fingerprint density at radius 2 is 1.79 bits per heavy atom. The van der Waals surface area contributed by atoms with Crippen LogP contribution in [0.4, 0.5) is 0 Å². The van der Waals surface area contributed by atoms with Gasteiger partial charge in [-0.25, -0.2) is 22.9 Å². The summed E-state index contributed by atoms with van der Waals surface area (Å²) in [6.07, 6.45) is 3.11. The van der Waals surface area contributed by atoms with Crippen LogP contribution in [0, 0.1) is 0 Å². The first-order chi connectivity index (χ1) is 16.3. The summed E-state index contributed by atoms with van der Waals surface area (Å²) < 4.78 is 31.5. The van der Waals surface area contributed by atoms with Crippen LogP contribution in [0.25, 0.3) is 11.2 Å². The van der Waals surface area contributed by atoms with Crippen molar-refractivity contribution in [3.05, 3.63) is 57.0 Å². The van der Waals surface area contributed by atoms with Gasteiger partial charge in [-0.1, -0.05) is 31.5 Å². The molecule has 0 saturated carbocycles. The zero-order chi connectivity index (χ0) is 24.3. The number of nitrogens with zero attached hydrogens (tertiary/aromatic N) is 4. The zero-order valence-corrected chi connectivity index (χ0v) is 20.5. The monoisotopic (exact) mass is 488 g/mol. The van der Waals surface area contributed by atoms with Crippen LogP contribution in [-0.2, 0) is 29.7 Å². The van der Waals surface area contributed by atoms with Crippen molar-refractivity contribution >= 4 is 21.2 Å². The van der Waals surface area contributed by atoms with E-state index in [-0.39, 0.29) is 10.9 Å². The molecule has 34 heavy (non-hydrogen) atoms. The van der Waals surface area contributed by atoms with Crippen molar-refractivity contribution in [1.29, 1.82) is 0 Å². The highest BCUT2D eigenvalue weighted by molar-refractivity contribution is 7.89. The summed E-state index contributed by atoms with van der Waals surface area (Å²) in [7, 11) is -3.54. The molecule has 1 aliphatic rings. The fourth-order valence-corrected chi connectivity index (χ4v) is 5.82. The van der Waals surface area contributed by atoms with E-state index in [0.29, 0.717) is 56.7 Å². The average Bonchev–Trinajstić information content (AvgIpc) is 3.19. The molecule has 11 heteroatoms. The number of sulfonamides is 1. The Morgan fingerprint density at radius 1 is 1.09 bits per heavy atom. The Kier molecular flexibility index (Phi) is 7.34. The third-order valence-corrected chi connectivity index (χ3v) is 7.88. The number of nitrogens with one attached hydrogen (secondary N) is 2. The SMILES string of the molecule is CCCCn1c(=O)[nH]c(=O)c2c1nc(CN1CCC(NS(=O)(=O)c3ccccc3)CC1)n2CC. The number of benzene rings is 1. The van der Waals surface area contributed by atoms with Gasteiger partial charge in [-0.15, -0.1) is 0 Å². The van der Waals surface area contributed by atoms with E-state index in [1.807, 2.05) is 18.4 Å². The van der Waals surface area contributed by atoms with Gasteiger partial charge in [0.25, 0.3) is 5.56 Å². The number of likely N-dealkylation sites (tertiary alicyclic amines) is 1. The van der Waals surface area contributed by atoms with Crippen molar-refractivity contribution in [1.82, 2.24) is 28.7 Å². The highest BCUT2D eigenvalue weighted by Gasteiger charge is 2.26. The van der Waals surface area contributed by atoms with Gasteiger partial charge in [-0.05, 0) is 38.3 Å². The van der Waals surface area contributed by atoms with Crippen molar-refractivity contribution in [3.8, 4) is 0 Å². The lowest BCUT2D eigenvalue weighted by Gasteiger charge is -2.32. The summed E-state index contributed by atoms with van der Waals surface area (Å²) in [5.74, 6) is 0.738. The van der Waals surface area contributed by atoms with E-state index < -0.39 is 21.3 Å². The smallest absolute Gasteiger partial charge is 0.321 e. The molecule has 0 aliphatic carbocycles. The Hall–Kier alpha value is -2.76. The second kappa shape index (κ2) is 10.2. The van der Waals surface area contributed by atoms with Gasteiger partial charge in [0, 0.05) is 32.2 Å². The molecule has 2 N–H and O–H groups in total. The van der Waals surface area contributed by atoms with Gasteiger partial charge in [-0.3, -0.25) is 19.2 Å². The van der Waals surface area contributed by atoms with Gasteiger partial charge in [0.1, 0.15) is 5.82 Å². The fraction of sp³-hybridized carbons (Fsp3) is 0.522. The van der Waals surface area contributed by atoms with Crippen LogP contribution < -0.4 is 16.0 Å². The first-order valence-corrected chi connectivity index (χ1v) is 13.3. The van der Waals surface area contributed by atoms with Gasteiger partial charge in [0.15, 0.2) is 11.2 Å². The number of piperidine rings is 1. The third kappa shape index (κ3) is 5.01. The Labute approximate surface area is 198 Å². The molecule has 3 heterocycles. The van der Waals surface area contributed by atoms with Crippen molar-refractivity contribution in [3.63, 3.8) is 0 Å². The molecule has 0 amide bonds. The van der Waals surface area contributed by atoms with Crippen LogP contribution >= 0.6 is 0 Å². The number of hydrogen-bond donors (Lipinski definition) is 2. The molecule has 1 aromatic carbocycles. The van der Waals surface area contributed by atoms with Crippen LogP contribution in [0.5, 0.6) is 0 Å². The fourth-order valence-electron chi connectivity index (χ4n) is 4.50. The minimum Gasteiger partial charge on any atom is -0.321 e. The number of aromatic amines is 1. The molecule has 3 aromatic rings. The molecule has 0 bridgehead atoms. The maximum Gasteiger partial charge on any atom is 0.330 e. The Bertz CT molecular complexity index is 1350. The predicted octanol–water partition coefficient (Wildman–Crippen LogP) is 1.65. The molecule has 2 aromatic heterocycles. The summed E-state index contributed by atoms with van der Waals surface area (Å²) in [4.78, 5) is 34.6. The molecule has 1 saturated heterocycles. The van der Waals surface area contributed by atoms with Gasteiger partial charge in [0.05, 0.1) is 11.4 Å². The molecule has 0 unspecified atom stereocenters. The highest BCUT2D eigenvalue weighted by Crippen LogP contribution is 2.19. The van der Waals surface area contributed by atoms with Crippen LogP contribution in [0.15, 0.2) is 44.8 Å². The highest BCUT2D eigenvalue weighted by atomic mass is 32.2. The average molecular weight is 489 g/mol. The van der Waals surface area contributed by atoms with Crippen LogP contribution in [0.2, 0.25) is 0 Å². The van der Waals surface area contributed by atoms with Crippen molar-refractivity contribution in [2.24, 2.45) is 0 Å². The minimum atomic E-state index is -3.54. The number of fused-ring (bicyclic) bond motifs is 1. The molecule has 0 atom stereocenters. The number of aromatic nitrogens is 4. The van der Waals surface area contributed by atoms with Crippen LogP contribution in [0.1, 0.15) is 45.4 Å². The van der Waals surface area contributed by atoms with Crippen molar-refractivity contribution in [2.45, 2.75) is 70.1 Å². The first kappa shape index (κ1) is 24.4. The summed E-state index contributed by atoms with van der Waals surface area (Å²) in [5, 5.41) is 0. The van der Waals surface area contributed by atoms with E-state index in [9.17, 15) is 18.0 Å². The first-order valence-electron chi connectivity index (χ1n) is 11.9. The molecule has 184 valence electrons. The van der Waals surface area contributed by atoms with Gasteiger partial charge >= 0.3 is 5.69 Å². The zero-order valence-electron chi connectivity index (χ0n) is 19.7. The molecule has 1 aliphatic heterocycles. The second-order valence-corrected chi connectivity index (χ2v) is 10.4. The van der Waals surface area contributed by atoms with E-state index in [1.54, 1.807) is 34.9 Å². The summed E-state index contributed by atoms with van der Waals surface area (Å²) in [6, 6.07) is 8.27. The number of H-pyrrole nitrogens is 1. The van der Waals surface area contributed by atoms with Crippen LogP contribution in [-0.4, -0.2) is 51.6 Å². The molecular formula is C23H32N6O4S. The van der Waals surface area contributed by atoms with E-state index in [0.717, 1.165) is 18.7 Å². The minimum absolute atomic E-state index is 0.131. The van der Waals surface area contributed by atoms with Crippen molar-refractivity contribution < 1.29 is 8.42 Å².